The molecule has 0 aliphatic heterocycles. The summed E-state index contributed by atoms with van der Waals surface area (Å²) in [4.78, 5) is 4.65. The lowest BCUT2D eigenvalue weighted by Gasteiger charge is -2.11. The fourth-order valence-corrected chi connectivity index (χ4v) is 3.32. The molecule has 0 spiro atoms. The van der Waals surface area contributed by atoms with Gasteiger partial charge in [0.1, 0.15) is 23.8 Å². The smallest absolute Gasteiger partial charge is 0.191 e. The van der Waals surface area contributed by atoms with Crippen molar-refractivity contribution in [1.82, 2.24) is 25.2 Å². The largest absolute Gasteiger partial charge is 0.497 e. The van der Waals surface area contributed by atoms with Gasteiger partial charge in [0, 0.05) is 19.3 Å². The second-order valence-electron chi connectivity index (χ2n) is 7.34. The number of ether oxygens (including phenoxy) is 2. The number of aromatic nitrogens is 3. The molecule has 0 radical (unpaired) electrons. The van der Waals surface area contributed by atoms with Crippen molar-refractivity contribution in [2.45, 2.75) is 19.9 Å². The Labute approximate surface area is 216 Å². The molecule has 0 saturated carbocycles. The van der Waals surface area contributed by atoms with Gasteiger partial charge in [-0.2, -0.15) is 0 Å². The zero-order chi connectivity index (χ0) is 22.9. The van der Waals surface area contributed by atoms with E-state index in [-0.39, 0.29) is 24.0 Å². The van der Waals surface area contributed by atoms with Crippen molar-refractivity contribution < 1.29 is 9.47 Å². The first-order chi connectivity index (χ1) is 16.2. The third-order valence-corrected chi connectivity index (χ3v) is 5.03. The molecule has 0 aliphatic rings. The molecule has 2 N–H and O–H groups in total. The van der Waals surface area contributed by atoms with E-state index in [4.69, 9.17) is 9.47 Å². The zero-order valence-electron chi connectivity index (χ0n) is 19.3. The van der Waals surface area contributed by atoms with E-state index in [0.29, 0.717) is 6.54 Å². The molecule has 0 saturated heterocycles. The Kier molecular flexibility index (Phi) is 9.51. The van der Waals surface area contributed by atoms with E-state index in [1.807, 2.05) is 72.1 Å². The van der Waals surface area contributed by atoms with Crippen LogP contribution < -0.4 is 20.1 Å². The van der Waals surface area contributed by atoms with E-state index in [1.54, 1.807) is 7.11 Å². The fraction of sp³-hybridized carbons (Fsp3) is 0.240. The van der Waals surface area contributed by atoms with Gasteiger partial charge in [-0.1, -0.05) is 18.2 Å². The summed E-state index contributed by atoms with van der Waals surface area (Å²) < 4.78 is 13.0. The van der Waals surface area contributed by atoms with Gasteiger partial charge in [0.15, 0.2) is 17.4 Å². The van der Waals surface area contributed by atoms with Crippen LogP contribution >= 0.6 is 24.0 Å². The minimum atomic E-state index is 0. The maximum absolute atomic E-state index is 5.89. The van der Waals surface area contributed by atoms with Crippen molar-refractivity contribution in [3.63, 3.8) is 0 Å². The first kappa shape index (κ1) is 25.3. The van der Waals surface area contributed by atoms with Crippen LogP contribution in [0.3, 0.4) is 0 Å². The molecular weight excluding hydrogens is 543 g/mol. The number of pyridine rings is 1. The van der Waals surface area contributed by atoms with Gasteiger partial charge in [0.25, 0.3) is 0 Å². The maximum atomic E-state index is 5.89. The lowest BCUT2D eigenvalue weighted by Crippen LogP contribution is -2.38. The van der Waals surface area contributed by atoms with Gasteiger partial charge < -0.3 is 20.1 Å². The van der Waals surface area contributed by atoms with Gasteiger partial charge in [0.05, 0.1) is 7.11 Å². The zero-order valence-corrected chi connectivity index (χ0v) is 21.6. The van der Waals surface area contributed by atoms with Crippen LogP contribution in [0.2, 0.25) is 0 Å². The van der Waals surface area contributed by atoms with E-state index in [9.17, 15) is 0 Å². The van der Waals surface area contributed by atoms with Crippen LogP contribution in [0.15, 0.2) is 77.9 Å². The van der Waals surface area contributed by atoms with Crippen LogP contribution in [0.25, 0.3) is 5.65 Å². The van der Waals surface area contributed by atoms with Crippen LogP contribution in [-0.2, 0) is 13.0 Å². The normalized spacial score (nSPS) is 11.1. The maximum Gasteiger partial charge on any atom is 0.191 e. The number of fused-ring (bicyclic) bond motifs is 1. The summed E-state index contributed by atoms with van der Waals surface area (Å²) in [6, 6.07) is 21.5. The number of halogens is 1. The summed E-state index contributed by atoms with van der Waals surface area (Å²) in [7, 11) is 1.65. The van der Waals surface area contributed by atoms with Crippen LogP contribution in [0.5, 0.6) is 17.2 Å². The molecule has 4 aromatic rings. The van der Waals surface area contributed by atoms with Crippen LogP contribution in [0.4, 0.5) is 0 Å². The molecular formula is C25H29IN6O2. The van der Waals surface area contributed by atoms with E-state index >= 15 is 0 Å². The molecule has 4 rings (SSSR count). The number of aliphatic imine (C=N–C) groups is 1. The second-order valence-corrected chi connectivity index (χ2v) is 7.34. The molecule has 2 aromatic heterocycles. The van der Waals surface area contributed by atoms with E-state index < -0.39 is 0 Å². The van der Waals surface area contributed by atoms with Gasteiger partial charge in [-0.15, -0.1) is 34.2 Å². The summed E-state index contributed by atoms with van der Waals surface area (Å²) in [5.41, 5.74) is 2.03. The monoisotopic (exact) mass is 572 g/mol. The van der Waals surface area contributed by atoms with Gasteiger partial charge >= 0.3 is 0 Å². The number of hydrogen-bond acceptors (Lipinski definition) is 5. The predicted molar refractivity (Wildman–Crippen MR) is 144 cm³/mol. The third-order valence-electron chi connectivity index (χ3n) is 5.03. The topological polar surface area (TPSA) is 85.1 Å². The highest BCUT2D eigenvalue weighted by molar-refractivity contribution is 14.0. The summed E-state index contributed by atoms with van der Waals surface area (Å²) in [6.07, 6.45) is 2.81. The number of benzene rings is 2. The van der Waals surface area contributed by atoms with Crippen molar-refractivity contribution in [3.8, 4) is 17.2 Å². The molecule has 34 heavy (non-hydrogen) atoms. The van der Waals surface area contributed by atoms with Crippen molar-refractivity contribution >= 4 is 35.6 Å². The van der Waals surface area contributed by atoms with Crippen molar-refractivity contribution in [1.29, 1.82) is 0 Å². The van der Waals surface area contributed by atoms with Gasteiger partial charge in [0.2, 0.25) is 0 Å². The van der Waals surface area contributed by atoms with Crippen LogP contribution in [0.1, 0.15) is 18.3 Å². The Morgan fingerprint density at radius 1 is 0.912 bits per heavy atom. The lowest BCUT2D eigenvalue weighted by molar-refractivity contribution is 0.413. The van der Waals surface area contributed by atoms with Gasteiger partial charge in [-0.3, -0.25) is 4.40 Å². The van der Waals surface area contributed by atoms with Crippen LogP contribution in [-0.4, -0.2) is 40.8 Å². The Morgan fingerprint density at radius 3 is 2.32 bits per heavy atom. The first-order valence-electron chi connectivity index (χ1n) is 11.0. The molecule has 0 amide bonds. The number of hydrogen-bond donors (Lipinski definition) is 2. The average Bonchev–Trinajstić information content (AvgIpc) is 3.27. The molecule has 8 nitrogen and oxygen atoms in total. The quantitative estimate of drug-likeness (QED) is 0.175. The fourth-order valence-electron chi connectivity index (χ4n) is 3.32. The van der Waals surface area contributed by atoms with Crippen LogP contribution in [0, 0.1) is 0 Å². The van der Waals surface area contributed by atoms with E-state index in [0.717, 1.165) is 54.2 Å². The Hall–Kier alpha value is -3.34. The molecule has 178 valence electrons. The first-order valence-corrected chi connectivity index (χ1v) is 11.0. The summed E-state index contributed by atoms with van der Waals surface area (Å²) in [5, 5.41) is 15.1. The van der Waals surface area contributed by atoms with Crippen molar-refractivity contribution in [3.05, 3.63) is 84.3 Å². The minimum absolute atomic E-state index is 0. The van der Waals surface area contributed by atoms with Gasteiger partial charge in [-0.25, -0.2) is 4.99 Å². The Morgan fingerprint density at radius 2 is 1.62 bits per heavy atom. The minimum Gasteiger partial charge on any atom is -0.497 e. The molecule has 0 aliphatic carbocycles. The molecule has 0 bridgehead atoms. The number of nitrogens with zero attached hydrogens (tertiary/aromatic N) is 4. The highest BCUT2D eigenvalue weighted by atomic mass is 127. The number of methoxy groups -OCH3 is 1. The van der Waals surface area contributed by atoms with Crippen molar-refractivity contribution in [2.75, 3.05) is 20.2 Å². The SMILES string of the molecule is CCNC(=NCc1nnc2ccccn12)NCCc1ccc(Oc2ccc(OC)cc2)cc1.I. The lowest BCUT2D eigenvalue weighted by atomic mass is 10.1. The summed E-state index contributed by atoms with van der Waals surface area (Å²) >= 11 is 0. The molecule has 2 aromatic carbocycles. The number of rotatable bonds is 9. The van der Waals surface area contributed by atoms with Gasteiger partial charge in [-0.05, 0) is 67.4 Å². The highest BCUT2D eigenvalue weighted by Gasteiger charge is 2.05. The third kappa shape index (κ3) is 6.83. The average molecular weight is 572 g/mol. The summed E-state index contributed by atoms with van der Waals surface area (Å²) in [5.74, 6) is 3.94. The molecule has 9 heteroatoms. The Bertz CT molecular complexity index is 1190. The molecule has 0 unspecified atom stereocenters. The second kappa shape index (κ2) is 12.8. The molecule has 0 atom stereocenters. The van der Waals surface area contributed by atoms with Crippen molar-refractivity contribution in [2.24, 2.45) is 4.99 Å². The molecule has 2 heterocycles. The Balaban J connectivity index is 0.00000324. The summed E-state index contributed by atoms with van der Waals surface area (Å²) in [6.45, 7) is 4.03. The predicted octanol–water partition coefficient (Wildman–Crippen LogP) is 4.45. The number of guanidine groups is 1. The molecule has 0 fully saturated rings. The van der Waals surface area contributed by atoms with E-state index in [2.05, 4.69) is 38.0 Å². The standard InChI is InChI=1S/C25H28N6O2.HI/c1-3-26-25(28-18-24-30-29-23-6-4-5-17-31(23)24)27-16-15-19-7-9-21(10-8-19)33-22-13-11-20(32-2)12-14-22;/h4-14,17H,3,15-16,18H2,1-2H3,(H2,26,27,28);1H. The highest BCUT2D eigenvalue weighted by Crippen LogP contribution is 2.24. The number of nitrogens with one attached hydrogen (secondary N) is 2. The van der Waals surface area contributed by atoms with E-state index in [1.165, 1.54) is 5.56 Å².